The standard InChI is InChI=1S/C26H25N3O3/c1-28-14-20-12-21(18-6-4-3-5-7-18)26(19-10-8-17(13-27)9-11-19)25(20,30)24-22(31-2)15-29-16-23(24)32-26/h3-11,15-16,20-21,28,30H,12,14H2,1-2H3/t20-,21+,25-,26+/m1/s1. The molecule has 0 unspecified atom stereocenters. The Morgan fingerprint density at radius 3 is 2.59 bits per heavy atom. The number of hydrogen-bond donors (Lipinski definition) is 2. The molecule has 1 aromatic heterocycles. The molecular weight excluding hydrogens is 402 g/mol. The average molecular weight is 428 g/mol. The fraction of sp³-hybridized carbons (Fsp3) is 0.308. The number of fused-ring (bicyclic) bond motifs is 3. The molecule has 4 atom stereocenters. The molecule has 32 heavy (non-hydrogen) atoms. The van der Waals surface area contributed by atoms with Crippen LogP contribution >= 0.6 is 0 Å². The minimum atomic E-state index is -1.37. The third-order valence-electron chi connectivity index (χ3n) is 7.01. The van der Waals surface area contributed by atoms with E-state index in [9.17, 15) is 10.4 Å². The molecule has 0 saturated heterocycles. The zero-order valence-electron chi connectivity index (χ0n) is 18.1. The van der Waals surface area contributed by atoms with Crippen molar-refractivity contribution in [3.63, 3.8) is 0 Å². The smallest absolute Gasteiger partial charge is 0.174 e. The summed E-state index contributed by atoms with van der Waals surface area (Å²) in [5, 5.41) is 25.3. The Labute approximate surface area is 187 Å². The van der Waals surface area contributed by atoms with E-state index in [2.05, 4.69) is 28.5 Å². The number of nitriles is 1. The van der Waals surface area contributed by atoms with Gasteiger partial charge in [0.15, 0.2) is 5.60 Å². The Balaban J connectivity index is 1.82. The normalized spacial score (nSPS) is 27.8. The van der Waals surface area contributed by atoms with Gasteiger partial charge in [0.25, 0.3) is 0 Å². The molecule has 1 fully saturated rings. The van der Waals surface area contributed by atoms with Crippen LogP contribution in [0, 0.1) is 17.2 Å². The van der Waals surface area contributed by atoms with Crippen LogP contribution < -0.4 is 14.8 Å². The summed E-state index contributed by atoms with van der Waals surface area (Å²) in [5.41, 5.74) is 0.650. The van der Waals surface area contributed by atoms with Gasteiger partial charge < -0.3 is 19.9 Å². The highest BCUT2D eigenvalue weighted by Gasteiger charge is 2.73. The molecule has 0 amide bonds. The van der Waals surface area contributed by atoms with E-state index in [0.717, 1.165) is 11.1 Å². The summed E-state index contributed by atoms with van der Waals surface area (Å²) in [4.78, 5) is 4.29. The first-order chi connectivity index (χ1) is 15.6. The molecule has 162 valence electrons. The molecular formula is C26H25N3O3. The molecule has 1 aliphatic carbocycles. The summed E-state index contributed by atoms with van der Waals surface area (Å²) in [6.07, 6.45) is 3.99. The van der Waals surface area contributed by atoms with Crippen LogP contribution in [0.1, 0.15) is 34.6 Å². The van der Waals surface area contributed by atoms with Crippen molar-refractivity contribution in [1.29, 1.82) is 5.26 Å². The number of aliphatic hydroxyl groups is 1. The van der Waals surface area contributed by atoms with Crippen LogP contribution in [-0.2, 0) is 11.2 Å². The molecule has 1 saturated carbocycles. The van der Waals surface area contributed by atoms with E-state index in [1.807, 2.05) is 37.4 Å². The number of nitrogens with one attached hydrogen (secondary N) is 1. The maximum atomic E-state index is 12.7. The number of benzene rings is 2. The number of pyridine rings is 1. The van der Waals surface area contributed by atoms with E-state index < -0.39 is 11.2 Å². The molecule has 0 radical (unpaired) electrons. The average Bonchev–Trinajstić information content (AvgIpc) is 3.25. The zero-order valence-corrected chi connectivity index (χ0v) is 18.1. The number of rotatable bonds is 5. The minimum absolute atomic E-state index is 0.128. The Kier molecular flexibility index (Phi) is 4.89. The molecule has 2 N–H and O–H groups in total. The Morgan fingerprint density at radius 1 is 1.19 bits per heavy atom. The molecule has 1 aliphatic heterocycles. The lowest BCUT2D eigenvalue weighted by Gasteiger charge is -2.42. The summed E-state index contributed by atoms with van der Waals surface area (Å²) in [7, 11) is 3.47. The van der Waals surface area contributed by atoms with Crippen LogP contribution in [0.5, 0.6) is 11.5 Å². The molecule has 2 aromatic carbocycles. The largest absolute Gasteiger partial charge is 0.495 e. The van der Waals surface area contributed by atoms with Crippen LogP contribution in [0.4, 0.5) is 0 Å². The molecule has 2 heterocycles. The van der Waals surface area contributed by atoms with Crippen molar-refractivity contribution in [1.82, 2.24) is 10.3 Å². The second kappa shape index (κ2) is 7.63. The summed E-state index contributed by atoms with van der Waals surface area (Å²) in [6.45, 7) is 0.603. The van der Waals surface area contributed by atoms with Gasteiger partial charge in [-0.2, -0.15) is 5.26 Å². The van der Waals surface area contributed by atoms with Crippen molar-refractivity contribution in [2.75, 3.05) is 20.7 Å². The summed E-state index contributed by atoms with van der Waals surface area (Å²) in [5.74, 6) is 0.760. The highest BCUT2D eigenvalue weighted by atomic mass is 16.5. The van der Waals surface area contributed by atoms with Gasteiger partial charge in [-0.1, -0.05) is 42.5 Å². The monoisotopic (exact) mass is 427 g/mol. The SMILES string of the molecule is CNC[C@H]1C[C@@H](c2ccccc2)[C@]2(c3ccc(C#N)cc3)Oc3cncc(OC)c3[C@]12O. The predicted molar refractivity (Wildman–Crippen MR) is 119 cm³/mol. The van der Waals surface area contributed by atoms with Gasteiger partial charge in [0.1, 0.15) is 17.1 Å². The van der Waals surface area contributed by atoms with Crippen LogP contribution in [0.15, 0.2) is 67.0 Å². The number of ether oxygens (including phenoxy) is 2. The number of aromatic nitrogens is 1. The summed E-state index contributed by atoms with van der Waals surface area (Å²) < 4.78 is 12.4. The van der Waals surface area contributed by atoms with E-state index >= 15 is 0 Å². The van der Waals surface area contributed by atoms with Crippen LogP contribution in [0.3, 0.4) is 0 Å². The maximum absolute atomic E-state index is 12.7. The van der Waals surface area contributed by atoms with E-state index in [-0.39, 0.29) is 11.8 Å². The number of nitrogens with zero attached hydrogens (tertiary/aromatic N) is 2. The van der Waals surface area contributed by atoms with Gasteiger partial charge in [-0.15, -0.1) is 0 Å². The van der Waals surface area contributed by atoms with Gasteiger partial charge in [-0.3, -0.25) is 4.98 Å². The molecule has 6 nitrogen and oxygen atoms in total. The number of methoxy groups -OCH3 is 1. The molecule has 5 rings (SSSR count). The fourth-order valence-corrected chi connectivity index (χ4v) is 5.74. The van der Waals surface area contributed by atoms with E-state index in [1.165, 1.54) is 0 Å². The van der Waals surface area contributed by atoms with Crippen molar-refractivity contribution in [3.05, 3.63) is 89.2 Å². The Morgan fingerprint density at radius 2 is 1.94 bits per heavy atom. The van der Waals surface area contributed by atoms with Crippen LogP contribution in [0.25, 0.3) is 0 Å². The second-order valence-corrected chi connectivity index (χ2v) is 8.46. The van der Waals surface area contributed by atoms with Gasteiger partial charge in [0, 0.05) is 18.4 Å². The van der Waals surface area contributed by atoms with Gasteiger partial charge in [-0.25, -0.2) is 0 Å². The van der Waals surface area contributed by atoms with Gasteiger partial charge in [-0.05, 0) is 36.7 Å². The number of hydrogen-bond acceptors (Lipinski definition) is 6. The molecule has 2 aliphatic rings. The fourth-order valence-electron chi connectivity index (χ4n) is 5.74. The van der Waals surface area contributed by atoms with Crippen molar-refractivity contribution < 1.29 is 14.6 Å². The summed E-state index contributed by atoms with van der Waals surface area (Å²) in [6, 6.07) is 19.7. The van der Waals surface area contributed by atoms with Crippen molar-refractivity contribution in [2.24, 2.45) is 5.92 Å². The zero-order chi connectivity index (χ0) is 22.3. The third kappa shape index (κ3) is 2.62. The van der Waals surface area contributed by atoms with E-state index in [4.69, 9.17) is 9.47 Å². The Hall–Kier alpha value is -3.40. The van der Waals surface area contributed by atoms with Crippen molar-refractivity contribution in [2.45, 2.75) is 23.5 Å². The second-order valence-electron chi connectivity index (χ2n) is 8.46. The minimum Gasteiger partial charge on any atom is -0.495 e. The van der Waals surface area contributed by atoms with Gasteiger partial charge in [0.2, 0.25) is 0 Å². The molecule has 0 bridgehead atoms. The third-order valence-corrected chi connectivity index (χ3v) is 7.01. The van der Waals surface area contributed by atoms with E-state index in [1.54, 1.807) is 31.6 Å². The lowest BCUT2D eigenvalue weighted by Crippen LogP contribution is -2.51. The first-order valence-electron chi connectivity index (χ1n) is 10.7. The highest BCUT2D eigenvalue weighted by molar-refractivity contribution is 5.58. The lowest BCUT2D eigenvalue weighted by atomic mass is 9.70. The van der Waals surface area contributed by atoms with Crippen molar-refractivity contribution >= 4 is 0 Å². The van der Waals surface area contributed by atoms with Gasteiger partial charge in [0.05, 0.1) is 36.7 Å². The van der Waals surface area contributed by atoms with Crippen molar-refractivity contribution in [3.8, 4) is 17.6 Å². The molecule has 6 heteroatoms. The van der Waals surface area contributed by atoms with Crippen LogP contribution in [-0.4, -0.2) is 30.8 Å². The van der Waals surface area contributed by atoms with Crippen LogP contribution in [0.2, 0.25) is 0 Å². The predicted octanol–water partition coefficient (Wildman–Crippen LogP) is 3.46. The molecule has 3 aromatic rings. The Bertz CT molecular complexity index is 1180. The lowest BCUT2D eigenvalue weighted by molar-refractivity contribution is -0.127. The molecule has 0 spiro atoms. The van der Waals surface area contributed by atoms with Gasteiger partial charge >= 0.3 is 0 Å². The quantitative estimate of drug-likeness (QED) is 0.648. The first kappa shape index (κ1) is 20.5. The maximum Gasteiger partial charge on any atom is 0.174 e. The first-order valence-corrected chi connectivity index (χ1v) is 10.7. The van der Waals surface area contributed by atoms with E-state index in [0.29, 0.717) is 35.6 Å². The topological polar surface area (TPSA) is 87.4 Å². The summed E-state index contributed by atoms with van der Waals surface area (Å²) >= 11 is 0. The highest BCUT2D eigenvalue weighted by Crippen LogP contribution is 2.69.